The summed E-state index contributed by atoms with van der Waals surface area (Å²) in [6.45, 7) is -0.525. The molecule has 21 heavy (non-hydrogen) atoms. The zero-order valence-electron chi connectivity index (χ0n) is 10.9. The topological polar surface area (TPSA) is 101 Å². The van der Waals surface area contributed by atoms with E-state index in [2.05, 4.69) is 5.32 Å². The summed E-state index contributed by atoms with van der Waals surface area (Å²) in [6, 6.07) is 3.77. The Morgan fingerprint density at radius 1 is 1.24 bits per heavy atom. The predicted octanol–water partition coefficient (Wildman–Crippen LogP) is -0.158. The highest BCUT2D eigenvalue weighted by molar-refractivity contribution is 7.90. The summed E-state index contributed by atoms with van der Waals surface area (Å²) in [5, 5.41) is 2.07. The molecule has 0 unspecified atom stereocenters. The van der Waals surface area contributed by atoms with Crippen LogP contribution in [0.2, 0.25) is 5.02 Å². The highest BCUT2D eigenvalue weighted by Gasteiger charge is 2.28. The highest BCUT2D eigenvalue weighted by Crippen LogP contribution is 2.23. The van der Waals surface area contributed by atoms with Crippen molar-refractivity contribution in [3.8, 4) is 0 Å². The van der Waals surface area contributed by atoms with Crippen molar-refractivity contribution in [3.63, 3.8) is 0 Å². The standard InChI is InChI=1S/C12H11ClN2O5S/c1-21(19,20)9-4-7(2-3-8(9)13)12(18)15-5-10(16)14-11(17)6-15/h2-4H,5-6H2,1H3,(H,14,16,17). The third-order valence-corrected chi connectivity index (χ3v) is 4.39. The molecular formula is C12H11ClN2O5S. The van der Waals surface area contributed by atoms with Gasteiger partial charge in [0.15, 0.2) is 9.84 Å². The molecule has 0 aliphatic carbocycles. The Kier molecular flexibility index (Phi) is 4.02. The fourth-order valence-electron chi connectivity index (χ4n) is 1.88. The van der Waals surface area contributed by atoms with E-state index in [4.69, 9.17) is 11.6 Å². The first-order chi connectivity index (χ1) is 9.68. The minimum Gasteiger partial charge on any atom is -0.320 e. The number of rotatable bonds is 2. The van der Waals surface area contributed by atoms with Crippen molar-refractivity contribution in [1.82, 2.24) is 10.2 Å². The SMILES string of the molecule is CS(=O)(=O)c1cc(C(=O)N2CC(=O)NC(=O)C2)ccc1Cl. The smallest absolute Gasteiger partial charge is 0.254 e. The number of benzene rings is 1. The monoisotopic (exact) mass is 330 g/mol. The van der Waals surface area contributed by atoms with Crippen molar-refractivity contribution in [2.45, 2.75) is 4.90 Å². The van der Waals surface area contributed by atoms with Crippen molar-refractivity contribution >= 4 is 39.2 Å². The number of carbonyl (C=O) groups is 3. The van der Waals surface area contributed by atoms with Crippen LogP contribution in [0.3, 0.4) is 0 Å². The molecule has 0 bridgehead atoms. The maximum Gasteiger partial charge on any atom is 0.254 e. The van der Waals surface area contributed by atoms with E-state index in [1.54, 1.807) is 0 Å². The van der Waals surface area contributed by atoms with Crippen molar-refractivity contribution < 1.29 is 22.8 Å². The van der Waals surface area contributed by atoms with Gasteiger partial charge in [-0.25, -0.2) is 8.42 Å². The number of imide groups is 1. The predicted molar refractivity (Wildman–Crippen MR) is 73.6 cm³/mol. The fourth-order valence-corrected chi connectivity index (χ4v) is 3.19. The number of nitrogens with one attached hydrogen (secondary N) is 1. The summed E-state index contributed by atoms with van der Waals surface area (Å²) in [4.78, 5) is 35.6. The van der Waals surface area contributed by atoms with E-state index in [1.807, 2.05) is 0 Å². The minimum absolute atomic E-state index is 0.00140. The first-order valence-corrected chi connectivity index (χ1v) is 8.07. The van der Waals surface area contributed by atoms with Crippen molar-refractivity contribution in [2.24, 2.45) is 0 Å². The molecule has 0 spiro atoms. The zero-order valence-corrected chi connectivity index (χ0v) is 12.5. The van der Waals surface area contributed by atoms with E-state index in [0.29, 0.717) is 0 Å². The van der Waals surface area contributed by atoms with Gasteiger partial charge in [-0.3, -0.25) is 19.7 Å². The van der Waals surface area contributed by atoms with Crippen LogP contribution in [0.15, 0.2) is 23.1 Å². The fraction of sp³-hybridized carbons (Fsp3) is 0.250. The van der Waals surface area contributed by atoms with Crippen LogP contribution in [0, 0.1) is 0 Å². The minimum atomic E-state index is -3.59. The van der Waals surface area contributed by atoms with E-state index in [0.717, 1.165) is 17.2 Å². The molecule has 9 heteroatoms. The number of hydrogen-bond donors (Lipinski definition) is 1. The molecule has 1 fully saturated rings. The van der Waals surface area contributed by atoms with Gasteiger partial charge >= 0.3 is 0 Å². The highest BCUT2D eigenvalue weighted by atomic mass is 35.5. The molecule has 0 radical (unpaired) electrons. The lowest BCUT2D eigenvalue weighted by atomic mass is 10.2. The summed E-state index contributed by atoms with van der Waals surface area (Å²) < 4.78 is 23.2. The first-order valence-electron chi connectivity index (χ1n) is 5.80. The molecule has 7 nitrogen and oxygen atoms in total. The van der Waals surface area contributed by atoms with Crippen LogP contribution in [-0.2, 0) is 19.4 Å². The van der Waals surface area contributed by atoms with Crippen molar-refractivity contribution in [1.29, 1.82) is 0 Å². The molecule has 0 aromatic heterocycles. The Labute approximate surface area is 125 Å². The van der Waals surface area contributed by atoms with E-state index in [9.17, 15) is 22.8 Å². The van der Waals surface area contributed by atoms with Gasteiger partial charge < -0.3 is 4.90 Å². The Morgan fingerprint density at radius 2 is 1.81 bits per heavy atom. The first kappa shape index (κ1) is 15.5. The molecule has 1 heterocycles. The van der Waals surface area contributed by atoms with Gasteiger partial charge in [0.2, 0.25) is 11.8 Å². The van der Waals surface area contributed by atoms with Crippen LogP contribution in [0.4, 0.5) is 0 Å². The summed E-state index contributed by atoms with van der Waals surface area (Å²) in [5.74, 6) is -1.78. The number of piperazine rings is 1. The number of halogens is 1. The Morgan fingerprint density at radius 3 is 2.33 bits per heavy atom. The summed E-state index contributed by atoms with van der Waals surface area (Å²) >= 11 is 5.80. The molecule has 1 aliphatic heterocycles. The third-order valence-electron chi connectivity index (χ3n) is 2.81. The van der Waals surface area contributed by atoms with Crippen LogP contribution in [0.5, 0.6) is 0 Å². The maximum atomic E-state index is 12.2. The van der Waals surface area contributed by atoms with E-state index >= 15 is 0 Å². The third kappa shape index (κ3) is 3.40. The van der Waals surface area contributed by atoms with Crippen LogP contribution >= 0.6 is 11.6 Å². The van der Waals surface area contributed by atoms with Gasteiger partial charge in [0.1, 0.15) is 13.1 Å². The number of carbonyl (C=O) groups excluding carboxylic acids is 3. The molecule has 1 N–H and O–H groups in total. The van der Waals surface area contributed by atoms with E-state index in [-0.39, 0.29) is 28.6 Å². The van der Waals surface area contributed by atoms with Gasteiger partial charge in [-0.2, -0.15) is 0 Å². The van der Waals surface area contributed by atoms with Crippen molar-refractivity contribution in [2.75, 3.05) is 19.3 Å². The van der Waals surface area contributed by atoms with Gasteiger partial charge in [0.25, 0.3) is 5.91 Å². The number of nitrogens with zero attached hydrogens (tertiary/aromatic N) is 1. The zero-order chi connectivity index (χ0) is 15.8. The normalized spacial score (nSPS) is 15.8. The molecule has 0 atom stereocenters. The number of amides is 3. The Bertz CT molecular complexity index is 728. The maximum absolute atomic E-state index is 12.2. The van der Waals surface area contributed by atoms with Crippen LogP contribution in [-0.4, -0.2) is 50.4 Å². The second kappa shape index (κ2) is 5.45. The lowest BCUT2D eigenvalue weighted by Gasteiger charge is -2.25. The number of hydrogen-bond acceptors (Lipinski definition) is 5. The quantitative estimate of drug-likeness (QED) is 0.759. The molecule has 112 valence electrons. The van der Waals surface area contributed by atoms with E-state index in [1.165, 1.54) is 12.1 Å². The lowest BCUT2D eigenvalue weighted by Crippen LogP contribution is -2.53. The summed E-state index contributed by atoms with van der Waals surface area (Å²) in [7, 11) is -3.59. The molecule has 1 aromatic rings. The molecule has 0 saturated carbocycles. The largest absolute Gasteiger partial charge is 0.320 e. The summed E-state index contributed by atoms with van der Waals surface area (Å²) in [6.07, 6.45) is 0.973. The average Bonchev–Trinajstić information content (AvgIpc) is 2.36. The lowest BCUT2D eigenvalue weighted by molar-refractivity contribution is -0.135. The van der Waals surface area contributed by atoms with Crippen molar-refractivity contribution in [3.05, 3.63) is 28.8 Å². The van der Waals surface area contributed by atoms with E-state index < -0.39 is 27.6 Å². The van der Waals surface area contributed by atoms with Crippen LogP contribution < -0.4 is 5.32 Å². The second-order valence-corrected chi connectivity index (χ2v) is 6.94. The molecule has 2 rings (SSSR count). The Balaban J connectivity index is 2.36. The number of sulfone groups is 1. The molecular weight excluding hydrogens is 320 g/mol. The molecule has 1 saturated heterocycles. The second-order valence-electron chi connectivity index (χ2n) is 4.55. The van der Waals surface area contributed by atoms with Gasteiger partial charge in [0.05, 0.1) is 9.92 Å². The Hall–Kier alpha value is -1.93. The van der Waals surface area contributed by atoms with Gasteiger partial charge in [-0.05, 0) is 18.2 Å². The van der Waals surface area contributed by atoms with Gasteiger partial charge in [-0.1, -0.05) is 11.6 Å². The van der Waals surface area contributed by atoms with Gasteiger partial charge in [0, 0.05) is 11.8 Å². The molecule has 3 amide bonds. The molecule has 1 aromatic carbocycles. The summed E-state index contributed by atoms with van der Waals surface area (Å²) in [5.41, 5.74) is 0.0438. The van der Waals surface area contributed by atoms with Crippen LogP contribution in [0.25, 0.3) is 0 Å². The van der Waals surface area contributed by atoms with Crippen LogP contribution in [0.1, 0.15) is 10.4 Å². The average molecular weight is 331 g/mol. The molecule has 1 aliphatic rings. The van der Waals surface area contributed by atoms with Gasteiger partial charge in [-0.15, -0.1) is 0 Å².